The highest BCUT2D eigenvalue weighted by Gasteiger charge is 2.22. The molecule has 16 heavy (non-hydrogen) atoms. The number of hydrogen-bond donors (Lipinski definition) is 2. The summed E-state index contributed by atoms with van der Waals surface area (Å²) in [7, 11) is 0. The summed E-state index contributed by atoms with van der Waals surface area (Å²) >= 11 is 3.46. The van der Waals surface area contributed by atoms with Crippen molar-refractivity contribution in [3.8, 4) is 0 Å². The van der Waals surface area contributed by atoms with Gasteiger partial charge in [0.25, 0.3) is 0 Å². The molecule has 0 aliphatic carbocycles. The summed E-state index contributed by atoms with van der Waals surface area (Å²) in [5.74, 6) is 0.223. The molecule has 86 valence electrons. The van der Waals surface area contributed by atoms with Crippen molar-refractivity contribution < 1.29 is 4.79 Å². The number of amides is 1. The van der Waals surface area contributed by atoms with Gasteiger partial charge in [0.15, 0.2) is 0 Å². The molecule has 1 atom stereocenters. The van der Waals surface area contributed by atoms with Crippen LogP contribution in [0.4, 0.5) is 5.69 Å². The van der Waals surface area contributed by atoms with Crippen LogP contribution in [0, 0.1) is 12.8 Å². The van der Waals surface area contributed by atoms with Crippen LogP contribution in [0.25, 0.3) is 0 Å². The fraction of sp³-hybridized carbons (Fsp3) is 0.417. The standard InChI is InChI=1S/C12H15BrN2O/c1-8-2-3-10(6-11(8)13)15-12(16)9-4-5-14-7-9/h2-3,6,9,14H,4-5,7H2,1H3,(H,15,16). The van der Waals surface area contributed by atoms with E-state index in [4.69, 9.17) is 0 Å². The van der Waals surface area contributed by atoms with E-state index < -0.39 is 0 Å². The molecule has 0 spiro atoms. The Morgan fingerprint density at radius 2 is 2.38 bits per heavy atom. The van der Waals surface area contributed by atoms with Crippen LogP contribution in [0.5, 0.6) is 0 Å². The van der Waals surface area contributed by atoms with Gasteiger partial charge in [-0.25, -0.2) is 0 Å². The minimum Gasteiger partial charge on any atom is -0.326 e. The quantitative estimate of drug-likeness (QED) is 0.874. The first-order chi connectivity index (χ1) is 7.66. The Morgan fingerprint density at radius 3 is 3.00 bits per heavy atom. The van der Waals surface area contributed by atoms with Gasteiger partial charge in [-0.1, -0.05) is 22.0 Å². The van der Waals surface area contributed by atoms with Crippen molar-refractivity contribution in [3.63, 3.8) is 0 Å². The van der Waals surface area contributed by atoms with Crippen molar-refractivity contribution in [2.45, 2.75) is 13.3 Å². The lowest BCUT2D eigenvalue weighted by molar-refractivity contribution is -0.119. The molecule has 2 rings (SSSR count). The van der Waals surface area contributed by atoms with E-state index >= 15 is 0 Å². The molecule has 0 radical (unpaired) electrons. The molecule has 1 aliphatic heterocycles. The molecule has 2 N–H and O–H groups in total. The van der Waals surface area contributed by atoms with Gasteiger partial charge in [-0.2, -0.15) is 0 Å². The van der Waals surface area contributed by atoms with E-state index in [0.29, 0.717) is 0 Å². The molecule has 1 saturated heterocycles. The van der Waals surface area contributed by atoms with Crippen LogP contribution in [-0.2, 0) is 4.79 Å². The Morgan fingerprint density at radius 1 is 1.56 bits per heavy atom. The lowest BCUT2D eigenvalue weighted by Crippen LogP contribution is -2.24. The predicted molar refractivity (Wildman–Crippen MR) is 68.5 cm³/mol. The van der Waals surface area contributed by atoms with E-state index in [1.807, 2.05) is 25.1 Å². The maximum atomic E-state index is 11.8. The highest BCUT2D eigenvalue weighted by atomic mass is 79.9. The molecule has 4 heteroatoms. The molecule has 1 amide bonds. The molecule has 1 aromatic carbocycles. The molecule has 0 aromatic heterocycles. The van der Waals surface area contributed by atoms with E-state index in [-0.39, 0.29) is 11.8 Å². The number of carbonyl (C=O) groups is 1. The van der Waals surface area contributed by atoms with Gasteiger partial charge in [0, 0.05) is 16.7 Å². The summed E-state index contributed by atoms with van der Waals surface area (Å²) in [5, 5.41) is 6.13. The molecule has 1 heterocycles. The first-order valence-electron chi connectivity index (χ1n) is 5.44. The monoisotopic (exact) mass is 282 g/mol. The number of rotatable bonds is 2. The number of hydrogen-bond acceptors (Lipinski definition) is 2. The summed E-state index contributed by atoms with van der Waals surface area (Å²) in [4.78, 5) is 11.8. The Labute approximate surface area is 104 Å². The third-order valence-electron chi connectivity index (χ3n) is 2.87. The predicted octanol–water partition coefficient (Wildman–Crippen LogP) is 2.31. The average Bonchev–Trinajstić information content (AvgIpc) is 2.77. The maximum Gasteiger partial charge on any atom is 0.228 e. The topological polar surface area (TPSA) is 41.1 Å². The third-order valence-corrected chi connectivity index (χ3v) is 3.72. The van der Waals surface area contributed by atoms with Gasteiger partial charge >= 0.3 is 0 Å². The highest BCUT2D eigenvalue weighted by Crippen LogP contribution is 2.21. The van der Waals surface area contributed by atoms with E-state index in [9.17, 15) is 4.79 Å². The second-order valence-corrected chi connectivity index (χ2v) is 5.00. The number of carbonyl (C=O) groups excluding carboxylic acids is 1. The number of anilines is 1. The van der Waals surface area contributed by atoms with E-state index in [1.165, 1.54) is 5.56 Å². The average molecular weight is 283 g/mol. The van der Waals surface area contributed by atoms with Gasteiger partial charge in [-0.3, -0.25) is 4.79 Å². The van der Waals surface area contributed by atoms with Crippen LogP contribution in [0.15, 0.2) is 22.7 Å². The summed E-state index contributed by atoms with van der Waals surface area (Å²) in [6, 6.07) is 5.86. The molecule has 1 aliphatic rings. The second-order valence-electron chi connectivity index (χ2n) is 4.14. The van der Waals surface area contributed by atoms with Gasteiger partial charge in [0.1, 0.15) is 0 Å². The highest BCUT2D eigenvalue weighted by molar-refractivity contribution is 9.10. The van der Waals surface area contributed by atoms with Gasteiger partial charge in [-0.05, 0) is 37.6 Å². The van der Waals surface area contributed by atoms with Crippen molar-refractivity contribution in [3.05, 3.63) is 28.2 Å². The number of halogens is 1. The van der Waals surface area contributed by atoms with Crippen molar-refractivity contribution >= 4 is 27.5 Å². The molecule has 1 fully saturated rings. The van der Waals surface area contributed by atoms with Crippen molar-refractivity contribution in [1.82, 2.24) is 5.32 Å². The minimum absolute atomic E-state index is 0.111. The maximum absolute atomic E-state index is 11.8. The number of nitrogens with one attached hydrogen (secondary N) is 2. The van der Waals surface area contributed by atoms with Gasteiger partial charge in [0.05, 0.1) is 5.92 Å². The second kappa shape index (κ2) is 4.97. The first kappa shape index (κ1) is 11.6. The SMILES string of the molecule is Cc1ccc(NC(=O)C2CCNC2)cc1Br. The minimum atomic E-state index is 0.111. The first-order valence-corrected chi connectivity index (χ1v) is 6.24. The van der Waals surface area contributed by atoms with Gasteiger partial charge in [-0.15, -0.1) is 0 Å². The fourth-order valence-electron chi connectivity index (χ4n) is 1.79. The Hall–Kier alpha value is -0.870. The summed E-state index contributed by atoms with van der Waals surface area (Å²) < 4.78 is 1.02. The van der Waals surface area contributed by atoms with Crippen LogP contribution in [0.3, 0.4) is 0 Å². The Bertz CT molecular complexity index is 400. The van der Waals surface area contributed by atoms with Gasteiger partial charge < -0.3 is 10.6 Å². The molecule has 1 unspecified atom stereocenters. The molecule has 1 aromatic rings. The van der Waals surface area contributed by atoms with E-state index in [0.717, 1.165) is 29.7 Å². The number of benzene rings is 1. The molecule has 3 nitrogen and oxygen atoms in total. The van der Waals surface area contributed by atoms with Crippen molar-refractivity contribution in [2.24, 2.45) is 5.92 Å². The molecular weight excluding hydrogens is 268 g/mol. The lowest BCUT2D eigenvalue weighted by atomic mass is 10.1. The Kier molecular flexibility index (Phi) is 3.61. The normalized spacial score (nSPS) is 19.8. The lowest BCUT2D eigenvalue weighted by Gasteiger charge is -2.10. The molecule has 0 bridgehead atoms. The van der Waals surface area contributed by atoms with Crippen LogP contribution in [-0.4, -0.2) is 19.0 Å². The van der Waals surface area contributed by atoms with E-state index in [1.54, 1.807) is 0 Å². The fourth-order valence-corrected chi connectivity index (χ4v) is 2.17. The Balaban J connectivity index is 2.02. The summed E-state index contributed by atoms with van der Waals surface area (Å²) in [6.45, 7) is 3.76. The zero-order valence-electron chi connectivity index (χ0n) is 9.22. The van der Waals surface area contributed by atoms with Crippen LogP contribution in [0.2, 0.25) is 0 Å². The van der Waals surface area contributed by atoms with Crippen LogP contribution >= 0.6 is 15.9 Å². The summed E-state index contributed by atoms with van der Waals surface area (Å²) in [5.41, 5.74) is 2.02. The van der Waals surface area contributed by atoms with Crippen molar-refractivity contribution in [1.29, 1.82) is 0 Å². The zero-order chi connectivity index (χ0) is 11.5. The zero-order valence-corrected chi connectivity index (χ0v) is 10.8. The van der Waals surface area contributed by atoms with Gasteiger partial charge in [0.2, 0.25) is 5.91 Å². The van der Waals surface area contributed by atoms with E-state index in [2.05, 4.69) is 26.6 Å². The largest absolute Gasteiger partial charge is 0.326 e. The summed E-state index contributed by atoms with van der Waals surface area (Å²) in [6.07, 6.45) is 0.929. The molecule has 0 saturated carbocycles. The van der Waals surface area contributed by atoms with Crippen LogP contribution < -0.4 is 10.6 Å². The van der Waals surface area contributed by atoms with Crippen LogP contribution in [0.1, 0.15) is 12.0 Å². The number of aryl methyl sites for hydroxylation is 1. The third kappa shape index (κ3) is 2.62. The smallest absolute Gasteiger partial charge is 0.228 e. The molecular formula is C12H15BrN2O. The van der Waals surface area contributed by atoms with Crippen molar-refractivity contribution in [2.75, 3.05) is 18.4 Å².